The monoisotopic (exact) mass is 294 g/mol. The largest absolute Gasteiger partial charge is 0.383 e. The zero-order chi connectivity index (χ0) is 15.3. The number of ether oxygens (including phenoxy) is 2. The first-order valence-electron chi connectivity index (χ1n) is 7.37. The van der Waals surface area contributed by atoms with E-state index in [4.69, 9.17) is 9.47 Å². The van der Waals surface area contributed by atoms with Gasteiger partial charge in [-0.2, -0.15) is 0 Å². The highest BCUT2D eigenvalue weighted by Crippen LogP contribution is 1.99. The van der Waals surface area contributed by atoms with Crippen LogP contribution in [0.1, 0.15) is 18.9 Å². The molecule has 0 bridgehead atoms. The molecule has 0 fully saturated rings. The fourth-order valence-corrected chi connectivity index (χ4v) is 1.88. The Morgan fingerprint density at radius 3 is 2.71 bits per heavy atom. The van der Waals surface area contributed by atoms with Crippen molar-refractivity contribution < 1.29 is 14.3 Å². The zero-order valence-electron chi connectivity index (χ0n) is 12.9. The van der Waals surface area contributed by atoms with Crippen molar-refractivity contribution in [2.75, 3.05) is 33.5 Å². The summed E-state index contributed by atoms with van der Waals surface area (Å²) in [5, 5.41) is 5.58. The van der Waals surface area contributed by atoms with Crippen molar-refractivity contribution in [2.45, 2.75) is 25.8 Å². The quantitative estimate of drug-likeness (QED) is 0.649. The number of carbonyl (C=O) groups excluding carboxylic acids is 1. The third kappa shape index (κ3) is 9.05. The second kappa shape index (κ2) is 11.1. The molecule has 0 saturated heterocycles. The van der Waals surface area contributed by atoms with Crippen LogP contribution in [0.2, 0.25) is 0 Å². The first kappa shape index (κ1) is 17.5. The zero-order valence-corrected chi connectivity index (χ0v) is 12.9. The maximum atomic E-state index is 11.5. The van der Waals surface area contributed by atoms with Crippen molar-refractivity contribution in [2.24, 2.45) is 0 Å². The molecule has 1 rings (SSSR count). The number of rotatable bonds is 10. The first-order chi connectivity index (χ1) is 10.2. The molecule has 5 heteroatoms. The Morgan fingerprint density at radius 2 is 2.00 bits per heavy atom. The molecule has 1 unspecified atom stereocenters. The minimum atomic E-state index is -0.163. The summed E-state index contributed by atoms with van der Waals surface area (Å²) in [6, 6.07) is 10.1. The number of methoxy groups -OCH3 is 1. The van der Waals surface area contributed by atoms with Crippen LogP contribution >= 0.6 is 0 Å². The highest BCUT2D eigenvalue weighted by molar-refractivity contribution is 5.74. The lowest BCUT2D eigenvalue weighted by atomic mass is 10.2. The van der Waals surface area contributed by atoms with E-state index in [1.807, 2.05) is 25.1 Å². The van der Waals surface area contributed by atoms with Crippen molar-refractivity contribution >= 4 is 6.03 Å². The summed E-state index contributed by atoms with van der Waals surface area (Å²) in [6.45, 7) is 4.38. The normalized spacial score (nSPS) is 11.9. The second-order valence-electron chi connectivity index (χ2n) is 4.96. The molecule has 2 amide bonds. The number of carbonyl (C=O) groups is 1. The van der Waals surface area contributed by atoms with E-state index >= 15 is 0 Å². The lowest BCUT2D eigenvalue weighted by molar-refractivity contribution is 0.134. The van der Waals surface area contributed by atoms with Gasteiger partial charge < -0.3 is 20.1 Å². The molecule has 1 aromatic rings. The Morgan fingerprint density at radius 1 is 1.24 bits per heavy atom. The molecule has 21 heavy (non-hydrogen) atoms. The van der Waals surface area contributed by atoms with Crippen LogP contribution < -0.4 is 10.6 Å². The lowest BCUT2D eigenvalue weighted by Crippen LogP contribution is -2.43. The molecule has 0 heterocycles. The topological polar surface area (TPSA) is 59.6 Å². The van der Waals surface area contributed by atoms with E-state index in [0.29, 0.717) is 26.4 Å². The standard InChI is InChI=1S/C16H26N2O3/c1-14(13-20-2)18-16(19)17-10-6-11-21-12-9-15-7-4-3-5-8-15/h3-5,7-8,14H,6,9-13H2,1-2H3,(H2,17,18,19). The van der Waals surface area contributed by atoms with Crippen LogP contribution in [-0.4, -0.2) is 45.5 Å². The molecule has 118 valence electrons. The van der Waals surface area contributed by atoms with Crippen LogP contribution in [0.4, 0.5) is 4.79 Å². The highest BCUT2D eigenvalue weighted by Gasteiger charge is 2.05. The number of hydrogen-bond acceptors (Lipinski definition) is 3. The first-order valence-corrected chi connectivity index (χ1v) is 7.37. The van der Waals surface area contributed by atoms with E-state index in [9.17, 15) is 4.79 Å². The molecule has 0 aromatic heterocycles. The maximum absolute atomic E-state index is 11.5. The molecular formula is C16H26N2O3. The van der Waals surface area contributed by atoms with Crippen molar-refractivity contribution in [1.82, 2.24) is 10.6 Å². The summed E-state index contributed by atoms with van der Waals surface area (Å²) in [6.07, 6.45) is 1.73. The van der Waals surface area contributed by atoms with Crippen LogP contribution in [-0.2, 0) is 15.9 Å². The highest BCUT2D eigenvalue weighted by atomic mass is 16.5. The molecule has 0 aliphatic rings. The van der Waals surface area contributed by atoms with Gasteiger partial charge in [0.2, 0.25) is 0 Å². The fraction of sp³-hybridized carbons (Fsp3) is 0.562. The Labute approximate surface area is 127 Å². The molecule has 0 saturated carbocycles. The third-order valence-electron chi connectivity index (χ3n) is 2.92. The van der Waals surface area contributed by atoms with Crippen molar-refractivity contribution in [1.29, 1.82) is 0 Å². The summed E-state index contributed by atoms with van der Waals surface area (Å²) in [4.78, 5) is 11.5. The van der Waals surface area contributed by atoms with Gasteiger partial charge in [-0.25, -0.2) is 4.79 Å². The second-order valence-corrected chi connectivity index (χ2v) is 4.96. The van der Waals surface area contributed by atoms with Crippen molar-refractivity contribution in [3.05, 3.63) is 35.9 Å². The summed E-state index contributed by atoms with van der Waals surface area (Å²) >= 11 is 0. The Bertz CT molecular complexity index is 384. The van der Waals surface area contributed by atoms with Gasteiger partial charge in [0.1, 0.15) is 0 Å². The fourth-order valence-electron chi connectivity index (χ4n) is 1.88. The van der Waals surface area contributed by atoms with E-state index in [-0.39, 0.29) is 12.1 Å². The van der Waals surface area contributed by atoms with Gasteiger partial charge in [0.15, 0.2) is 0 Å². The number of benzene rings is 1. The van der Waals surface area contributed by atoms with Gasteiger partial charge in [0.05, 0.1) is 19.3 Å². The van der Waals surface area contributed by atoms with E-state index in [1.165, 1.54) is 5.56 Å². The van der Waals surface area contributed by atoms with Crippen LogP contribution in [0.15, 0.2) is 30.3 Å². The molecular weight excluding hydrogens is 268 g/mol. The Hall–Kier alpha value is -1.59. The average molecular weight is 294 g/mol. The van der Waals surface area contributed by atoms with Gasteiger partial charge >= 0.3 is 6.03 Å². The summed E-state index contributed by atoms with van der Waals surface area (Å²) in [7, 11) is 1.61. The molecule has 0 radical (unpaired) electrons. The predicted molar refractivity (Wildman–Crippen MR) is 83.5 cm³/mol. The summed E-state index contributed by atoms with van der Waals surface area (Å²) in [5.41, 5.74) is 1.28. The molecule has 0 aliphatic heterocycles. The molecule has 0 spiro atoms. The van der Waals surface area contributed by atoms with Gasteiger partial charge in [-0.1, -0.05) is 30.3 Å². The van der Waals surface area contributed by atoms with E-state index in [1.54, 1.807) is 7.11 Å². The number of amides is 2. The minimum absolute atomic E-state index is 0.0112. The summed E-state index contributed by atoms with van der Waals surface area (Å²) < 4.78 is 10.5. The number of urea groups is 1. The molecule has 1 atom stereocenters. The third-order valence-corrected chi connectivity index (χ3v) is 2.92. The lowest BCUT2D eigenvalue weighted by Gasteiger charge is -2.13. The van der Waals surface area contributed by atoms with E-state index in [0.717, 1.165) is 12.8 Å². The average Bonchev–Trinajstić information content (AvgIpc) is 2.47. The van der Waals surface area contributed by atoms with Crippen LogP contribution in [0.25, 0.3) is 0 Å². The molecule has 0 aliphatic carbocycles. The molecule has 2 N–H and O–H groups in total. The van der Waals surface area contributed by atoms with Gasteiger partial charge in [-0.3, -0.25) is 0 Å². The van der Waals surface area contributed by atoms with Crippen LogP contribution in [0.5, 0.6) is 0 Å². The van der Waals surface area contributed by atoms with Crippen molar-refractivity contribution in [3.8, 4) is 0 Å². The van der Waals surface area contributed by atoms with Crippen molar-refractivity contribution in [3.63, 3.8) is 0 Å². The van der Waals surface area contributed by atoms with Crippen LogP contribution in [0, 0.1) is 0 Å². The van der Waals surface area contributed by atoms with Crippen LogP contribution in [0.3, 0.4) is 0 Å². The smallest absolute Gasteiger partial charge is 0.315 e. The Balaban J connectivity index is 1.93. The molecule has 1 aromatic carbocycles. The number of nitrogens with one attached hydrogen (secondary N) is 2. The number of hydrogen-bond donors (Lipinski definition) is 2. The van der Waals surface area contributed by atoms with E-state index < -0.39 is 0 Å². The Kier molecular flexibility index (Phi) is 9.24. The predicted octanol–water partition coefficient (Wildman–Crippen LogP) is 1.97. The minimum Gasteiger partial charge on any atom is -0.383 e. The molecule has 5 nitrogen and oxygen atoms in total. The van der Waals surface area contributed by atoms with Gasteiger partial charge in [-0.05, 0) is 25.3 Å². The van der Waals surface area contributed by atoms with E-state index in [2.05, 4.69) is 22.8 Å². The van der Waals surface area contributed by atoms with Gasteiger partial charge in [-0.15, -0.1) is 0 Å². The van der Waals surface area contributed by atoms with Gasteiger partial charge in [0.25, 0.3) is 0 Å². The maximum Gasteiger partial charge on any atom is 0.315 e. The summed E-state index contributed by atoms with van der Waals surface area (Å²) in [5.74, 6) is 0. The SMILES string of the molecule is COCC(C)NC(=O)NCCCOCCc1ccccc1. The van der Waals surface area contributed by atoms with Gasteiger partial charge in [0, 0.05) is 20.3 Å².